The van der Waals surface area contributed by atoms with Crippen molar-refractivity contribution in [1.29, 1.82) is 0 Å². The minimum absolute atomic E-state index is 0.0423. The average Bonchev–Trinajstić information content (AvgIpc) is 2.61. The van der Waals surface area contributed by atoms with Gasteiger partial charge in [0.15, 0.2) is 0 Å². The maximum atomic E-state index is 10.8. The predicted octanol–water partition coefficient (Wildman–Crippen LogP) is 2.04. The first-order valence-corrected chi connectivity index (χ1v) is 10.0. The first kappa shape index (κ1) is 25.9. The highest BCUT2D eigenvalue weighted by Crippen LogP contribution is 2.21. The Balaban J connectivity index is 4.58. The normalized spacial score (nSPS) is 15.2. The molecule has 158 valence electrons. The largest absolute Gasteiger partial charge is 0.481 e. The van der Waals surface area contributed by atoms with E-state index in [0.717, 1.165) is 0 Å². The Bertz CT molecular complexity index is 575. The summed E-state index contributed by atoms with van der Waals surface area (Å²) in [5, 5.41) is 35.9. The number of carboxylic acids is 3. The van der Waals surface area contributed by atoms with Crippen LogP contribution in [-0.2, 0) is 14.4 Å². The van der Waals surface area contributed by atoms with Crippen molar-refractivity contribution in [3.63, 3.8) is 0 Å². The molecule has 0 saturated carbocycles. The van der Waals surface area contributed by atoms with Gasteiger partial charge in [-0.3, -0.25) is 14.4 Å². The number of aliphatic hydroxyl groups is 1. The molecule has 0 spiro atoms. The van der Waals surface area contributed by atoms with Crippen LogP contribution >= 0.6 is 11.8 Å². The molecule has 6 N–H and O–H groups in total. The highest BCUT2D eigenvalue weighted by Gasteiger charge is 2.20. The van der Waals surface area contributed by atoms with Crippen LogP contribution in [-0.4, -0.2) is 61.5 Å². The summed E-state index contributed by atoms with van der Waals surface area (Å²) in [6.07, 6.45) is 11.7. The fourth-order valence-corrected chi connectivity index (χ4v) is 3.19. The Morgan fingerprint density at radius 3 is 2.14 bits per heavy atom. The van der Waals surface area contributed by atoms with Gasteiger partial charge in [-0.1, -0.05) is 36.5 Å². The second-order valence-corrected chi connectivity index (χ2v) is 7.29. The van der Waals surface area contributed by atoms with Crippen molar-refractivity contribution in [3.8, 4) is 0 Å². The van der Waals surface area contributed by atoms with Crippen LogP contribution in [0.3, 0.4) is 0 Å². The van der Waals surface area contributed by atoms with Crippen molar-refractivity contribution in [2.45, 2.75) is 55.9 Å². The minimum Gasteiger partial charge on any atom is -0.481 e. The smallest absolute Gasteiger partial charge is 0.321 e. The zero-order valence-corrected chi connectivity index (χ0v) is 16.5. The van der Waals surface area contributed by atoms with E-state index < -0.39 is 35.3 Å². The zero-order valence-electron chi connectivity index (χ0n) is 15.6. The zero-order chi connectivity index (χ0) is 21.4. The van der Waals surface area contributed by atoms with E-state index in [2.05, 4.69) is 0 Å². The number of rotatable bonds is 16. The summed E-state index contributed by atoms with van der Waals surface area (Å²) in [6, 6.07) is -1.05. The number of carboxylic acid groups (broad SMARTS) is 3. The lowest BCUT2D eigenvalue weighted by atomic mass is 10.1. The third-order valence-electron chi connectivity index (χ3n) is 3.59. The standard InChI is InChI=1S/C19H29NO7S/c20-14(19(26)27)13-28-16(15(21)9-8-12-18(24)25)10-6-4-2-1-3-5-7-11-17(22)23/h1-4,6,10,14-16,21H,5,7-9,11-13,20H2,(H,22,23)(H,24,25)(H,26,27)/t14-,15-,16+/m0/s1. The maximum absolute atomic E-state index is 10.8. The molecule has 0 amide bonds. The molecule has 9 heteroatoms. The summed E-state index contributed by atoms with van der Waals surface area (Å²) in [4.78, 5) is 31.8. The lowest BCUT2D eigenvalue weighted by molar-refractivity contribution is -0.138. The molecule has 28 heavy (non-hydrogen) atoms. The van der Waals surface area contributed by atoms with Crippen molar-refractivity contribution in [2.24, 2.45) is 5.73 Å². The van der Waals surface area contributed by atoms with Crippen molar-refractivity contribution in [1.82, 2.24) is 0 Å². The van der Waals surface area contributed by atoms with Crippen molar-refractivity contribution in [2.75, 3.05) is 5.75 Å². The first-order chi connectivity index (χ1) is 13.2. The molecular formula is C19H29NO7S. The van der Waals surface area contributed by atoms with Gasteiger partial charge in [0.25, 0.3) is 0 Å². The van der Waals surface area contributed by atoms with Crippen LogP contribution < -0.4 is 5.73 Å². The number of unbranched alkanes of at least 4 members (excludes halogenated alkanes) is 1. The molecule has 0 unspecified atom stereocenters. The maximum Gasteiger partial charge on any atom is 0.321 e. The summed E-state index contributed by atoms with van der Waals surface area (Å²) >= 11 is 1.20. The van der Waals surface area contributed by atoms with Gasteiger partial charge in [-0.25, -0.2) is 0 Å². The van der Waals surface area contributed by atoms with E-state index in [-0.39, 0.29) is 25.0 Å². The van der Waals surface area contributed by atoms with Crippen molar-refractivity contribution < 1.29 is 34.8 Å². The van der Waals surface area contributed by atoms with Crippen LogP contribution in [0.2, 0.25) is 0 Å². The van der Waals surface area contributed by atoms with E-state index in [4.69, 9.17) is 21.1 Å². The highest BCUT2D eigenvalue weighted by molar-refractivity contribution is 8.00. The fraction of sp³-hybridized carbons (Fsp3) is 0.526. The van der Waals surface area contributed by atoms with Gasteiger partial charge < -0.3 is 26.2 Å². The quantitative estimate of drug-likeness (QED) is 0.188. The second kappa shape index (κ2) is 15.9. The lowest BCUT2D eigenvalue weighted by Crippen LogP contribution is -2.34. The molecule has 0 aromatic carbocycles. The number of hydrogen-bond donors (Lipinski definition) is 5. The summed E-state index contributed by atoms with van der Waals surface area (Å²) in [6.45, 7) is 0. The molecule has 3 atom stereocenters. The number of aliphatic carboxylic acids is 3. The summed E-state index contributed by atoms with van der Waals surface area (Å²) in [7, 11) is 0. The Kier molecular flexibility index (Phi) is 14.7. The molecule has 0 aromatic heterocycles. The molecule has 8 nitrogen and oxygen atoms in total. The second-order valence-electron chi connectivity index (χ2n) is 6.08. The number of carbonyl (C=O) groups is 3. The van der Waals surface area contributed by atoms with E-state index in [1.807, 2.05) is 6.08 Å². The third-order valence-corrected chi connectivity index (χ3v) is 4.99. The van der Waals surface area contributed by atoms with Crippen molar-refractivity contribution >= 4 is 29.7 Å². The van der Waals surface area contributed by atoms with Gasteiger partial charge in [-0.2, -0.15) is 0 Å². The van der Waals surface area contributed by atoms with Crippen LogP contribution in [0.15, 0.2) is 36.5 Å². The van der Waals surface area contributed by atoms with Crippen LogP contribution in [0.1, 0.15) is 38.5 Å². The Labute approximate surface area is 168 Å². The minimum atomic E-state index is -1.12. The summed E-state index contributed by atoms with van der Waals surface area (Å²) in [5.41, 5.74) is 5.49. The van der Waals surface area contributed by atoms with Gasteiger partial charge in [0.1, 0.15) is 6.04 Å². The van der Waals surface area contributed by atoms with E-state index in [1.54, 1.807) is 30.4 Å². The highest BCUT2D eigenvalue weighted by atomic mass is 32.2. The number of nitrogens with two attached hydrogens (primary N) is 1. The van der Waals surface area contributed by atoms with E-state index in [1.165, 1.54) is 11.8 Å². The van der Waals surface area contributed by atoms with Gasteiger partial charge in [-0.05, 0) is 25.7 Å². The first-order valence-electron chi connectivity index (χ1n) is 8.95. The molecule has 0 aliphatic rings. The molecule has 0 rings (SSSR count). The van der Waals surface area contributed by atoms with Crippen molar-refractivity contribution in [3.05, 3.63) is 36.5 Å². The van der Waals surface area contributed by atoms with Gasteiger partial charge in [0, 0.05) is 23.8 Å². The van der Waals surface area contributed by atoms with Gasteiger partial charge in [0.05, 0.1) is 6.10 Å². The number of aliphatic hydroxyl groups excluding tert-OH is 1. The van der Waals surface area contributed by atoms with Gasteiger partial charge in [-0.15, -0.1) is 11.8 Å². The summed E-state index contributed by atoms with van der Waals surface area (Å²) < 4.78 is 0. The number of hydrogen-bond acceptors (Lipinski definition) is 6. The number of allylic oxidation sites excluding steroid dienone is 5. The number of thioether (sulfide) groups is 1. The average molecular weight is 416 g/mol. The van der Waals surface area contributed by atoms with E-state index in [0.29, 0.717) is 19.3 Å². The Morgan fingerprint density at radius 1 is 0.929 bits per heavy atom. The predicted molar refractivity (Wildman–Crippen MR) is 108 cm³/mol. The van der Waals surface area contributed by atoms with Crippen LogP contribution in [0.5, 0.6) is 0 Å². The molecule has 0 aromatic rings. The van der Waals surface area contributed by atoms with E-state index >= 15 is 0 Å². The van der Waals surface area contributed by atoms with Gasteiger partial charge >= 0.3 is 17.9 Å². The molecule has 0 radical (unpaired) electrons. The Hall–Kier alpha value is -2.10. The topological polar surface area (TPSA) is 158 Å². The van der Waals surface area contributed by atoms with Gasteiger partial charge in [0.2, 0.25) is 0 Å². The fourth-order valence-electron chi connectivity index (χ4n) is 2.06. The third kappa shape index (κ3) is 15.0. The molecule has 0 aliphatic heterocycles. The Morgan fingerprint density at radius 2 is 1.54 bits per heavy atom. The lowest BCUT2D eigenvalue weighted by Gasteiger charge is -2.20. The molecule has 0 bridgehead atoms. The molecule has 0 saturated heterocycles. The summed E-state index contributed by atoms with van der Waals surface area (Å²) in [5.74, 6) is -2.76. The van der Waals surface area contributed by atoms with Crippen LogP contribution in [0.4, 0.5) is 0 Å². The monoisotopic (exact) mass is 415 g/mol. The molecular weight excluding hydrogens is 386 g/mol. The van der Waals surface area contributed by atoms with Crippen LogP contribution in [0.25, 0.3) is 0 Å². The van der Waals surface area contributed by atoms with E-state index in [9.17, 15) is 19.5 Å². The van der Waals surface area contributed by atoms with Crippen LogP contribution in [0, 0.1) is 0 Å². The molecule has 0 fully saturated rings. The SMILES string of the molecule is N[C@@H](CS[C@H](C=CC=CC=CCCCC(=O)O)[C@@H](O)CCCC(=O)O)C(=O)O. The molecule has 0 heterocycles. The molecule has 0 aliphatic carbocycles.